The number of nitrogens with zero attached hydrogens (tertiary/aromatic N) is 1. The van der Waals surface area contributed by atoms with Crippen molar-refractivity contribution in [1.82, 2.24) is 4.98 Å². The number of hydrogen-bond acceptors (Lipinski definition) is 4. The highest BCUT2D eigenvalue weighted by Gasteiger charge is 1.97. The summed E-state index contributed by atoms with van der Waals surface area (Å²) in [5.74, 6) is 0.425. The first kappa shape index (κ1) is 10.2. The molecule has 68 valence electrons. The lowest BCUT2D eigenvalue weighted by Gasteiger charge is -1.95. The van der Waals surface area contributed by atoms with Crippen molar-refractivity contribution >= 4 is 27.5 Å². The van der Waals surface area contributed by atoms with Gasteiger partial charge in [0.2, 0.25) is 5.91 Å². The summed E-state index contributed by atoms with van der Waals surface area (Å²) in [6, 6.07) is 7.34. The largest absolute Gasteiger partial charge is 0.370 e. The number of hydrogen-bond donors (Lipinski definition) is 1. The van der Waals surface area contributed by atoms with Crippen LogP contribution in [0, 0.1) is 12.1 Å². The van der Waals surface area contributed by atoms with Crippen molar-refractivity contribution in [3.63, 3.8) is 0 Å². The Hall–Kier alpha value is -0.860. The Labute approximate surface area is 84.9 Å². The second-order valence-electron chi connectivity index (χ2n) is 2.14. The lowest BCUT2D eigenvalue weighted by atomic mass is 10.5. The highest BCUT2D eigenvalue weighted by molar-refractivity contribution is 8.76. The normalized spacial score (nSPS) is 9.23. The van der Waals surface area contributed by atoms with E-state index in [1.165, 1.54) is 21.6 Å². The molecule has 3 nitrogen and oxygen atoms in total. The molecular weight excluding hydrogens is 204 g/mol. The second kappa shape index (κ2) is 5.73. The summed E-state index contributed by atoms with van der Waals surface area (Å²) >= 11 is 0. The fourth-order valence-corrected chi connectivity index (χ4v) is 2.33. The minimum atomic E-state index is -0.273. The van der Waals surface area contributed by atoms with E-state index in [1.807, 2.05) is 0 Å². The molecule has 1 amide bonds. The van der Waals surface area contributed by atoms with Gasteiger partial charge in [0, 0.05) is 24.4 Å². The molecule has 1 aromatic rings. The first-order chi connectivity index (χ1) is 6.29. The molecule has 0 unspecified atom stereocenters. The predicted octanol–water partition coefficient (Wildman–Crippen LogP) is 1.30. The van der Waals surface area contributed by atoms with E-state index in [0.717, 1.165) is 5.03 Å². The quantitative estimate of drug-likeness (QED) is 0.590. The third-order valence-electron chi connectivity index (χ3n) is 1.10. The van der Waals surface area contributed by atoms with Gasteiger partial charge in [0.05, 0.1) is 0 Å². The average Bonchev–Trinajstić information content (AvgIpc) is 2.14. The summed E-state index contributed by atoms with van der Waals surface area (Å²) in [6.45, 7) is 0. The Morgan fingerprint density at radius 3 is 3.15 bits per heavy atom. The Morgan fingerprint density at radius 1 is 1.69 bits per heavy atom. The maximum Gasteiger partial charge on any atom is 0.218 e. The molecule has 0 saturated carbocycles. The van der Waals surface area contributed by atoms with Crippen LogP contribution in [0.3, 0.4) is 0 Å². The standard InChI is InChI=1S/C8H8N2OS2/c9-7(11)4-6-12-13-8-3-1-2-5-10-8/h2,5H,4,6H2,(H2,9,11). The van der Waals surface area contributed by atoms with Crippen molar-refractivity contribution in [3.05, 3.63) is 24.4 Å². The molecule has 1 aromatic heterocycles. The minimum Gasteiger partial charge on any atom is -0.370 e. The van der Waals surface area contributed by atoms with E-state index in [4.69, 9.17) is 5.73 Å². The lowest BCUT2D eigenvalue weighted by Crippen LogP contribution is -2.10. The van der Waals surface area contributed by atoms with Crippen LogP contribution >= 0.6 is 21.6 Å². The molecule has 0 atom stereocenters. The SMILES string of the molecule is NC(=O)CCSSc1c#cccn1. The van der Waals surface area contributed by atoms with E-state index in [-0.39, 0.29) is 5.91 Å². The highest BCUT2D eigenvalue weighted by Crippen LogP contribution is 2.27. The number of carbonyl (C=O) groups excluding carboxylic acids is 1. The Kier molecular flexibility index (Phi) is 4.50. The van der Waals surface area contributed by atoms with Crippen LogP contribution in [0.15, 0.2) is 17.3 Å². The number of nitrogens with two attached hydrogens (primary N) is 1. The molecule has 1 heterocycles. The van der Waals surface area contributed by atoms with Crippen molar-refractivity contribution in [2.24, 2.45) is 5.73 Å². The van der Waals surface area contributed by atoms with Gasteiger partial charge in [0.15, 0.2) is 5.03 Å². The van der Waals surface area contributed by atoms with Gasteiger partial charge in [0.25, 0.3) is 0 Å². The highest BCUT2D eigenvalue weighted by atomic mass is 33.1. The van der Waals surface area contributed by atoms with E-state index in [1.54, 1.807) is 12.3 Å². The fourth-order valence-electron chi connectivity index (χ4n) is 0.560. The molecule has 0 saturated heterocycles. The van der Waals surface area contributed by atoms with Crippen molar-refractivity contribution in [2.45, 2.75) is 11.4 Å². The van der Waals surface area contributed by atoms with Crippen LogP contribution in [0.5, 0.6) is 0 Å². The number of aromatic nitrogens is 1. The van der Waals surface area contributed by atoms with Crippen LogP contribution in [0.4, 0.5) is 0 Å². The van der Waals surface area contributed by atoms with E-state index < -0.39 is 0 Å². The lowest BCUT2D eigenvalue weighted by molar-refractivity contribution is -0.117. The van der Waals surface area contributed by atoms with Crippen LogP contribution in [-0.2, 0) is 4.79 Å². The second-order valence-corrected chi connectivity index (χ2v) is 4.55. The molecule has 13 heavy (non-hydrogen) atoms. The summed E-state index contributed by atoms with van der Waals surface area (Å²) in [6.07, 6.45) is 2.06. The third-order valence-corrected chi connectivity index (χ3v) is 3.28. The van der Waals surface area contributed by atoms with E-state index in [2.05, 4.69) is 17.1 Å². The molecule has 0 aromatic carbocycles. The van der Waals surface area contributed by atoms with Crippen molar-refractivity contribution in [2.75, 3.05) is 5.75 Å². The fraction of sp³-hybridized carbons (Fsp3) is 0.250. The molecule has 0 aliphatic carbocycles. The average molecular weight is 212 g/mol. The van der Waals surface area contributed by atoms with E-state index >= 15 is 0 Å². The summed E-state index contributed by atoms with van der Waals surface area (Å²) in [5.41, 5.74) is 4.98. The zero-order valence-electron chi connectivity index (χ0n) is 6.82. The van der Waals surface area contributed by atoms with Gasteiger partial charge in [-0.1, -0.05) is 16.9 Å². The number of carbonyl (C=O) groups is 1. The zero-order valence-corrected chi connectivity index (χ0v) is 8.45. The summed E-state index contributed by atoms with van der Waals surface area (Å²) < 4.78 is 0. The number of rotatable bonds is 5. The third kappa shape index (κ3) is 4.65. The monoisotopic (exact) mass is 212 g/mol. The molecule has 0 spiro atoms. The summed E-state index contributed by atoms with van der Waals surface area (Å²) in [7, 11) is 3.01. The first-order valence-electron chi connectivity index (χ1n) is 3.61. The molecular formula is C8H8N2OS2. The van der Waals surface area contributed by atoms with Crippen LogP contribution in [0.1, 0.15) is 6.42 Å². The van der Waals surface area contributed by atoms with Gasteiger partial charge in [-0.3, -0.25) is 4.79 Å². The van der Waals surface area contributed by atoms with Crippen molar-refractivity contribution < 1.29 is 4.79 Å². The Balaban J connectivity index is 2.17. The molecule has 1 rings (SSSR count). The molecule has 0 aliphatic rings. The van der Waals surface area contributed by atoms with Gasteiger partial charge >= 0.3 is 0 Å². The van der Waals surface area contributed by atoms with Gasteiger partial charge < -0.3 is 5.73 Å². The topological polar surface area (TPSA) is 56.0 Å². The zero-order chi connectivity index (χ0) is 9.52. The summed E-state index contributed by atoms with van der Waals surface area (Å²) in [4.78, 5) is 14.4. The van der Waals surface area contributed by atoms with Crippen LogP contribution < -0.4 is 5.73 Å². The smallest absolute Gasteiger partial charge is 0.218 e. The van der Waals surface area contributed by atoms with E-state index in [0.29, 0.717) is 12.2 Å². The molecule has 2 N–H and O–H groups in total. The van der Waals surface area contributed by atoms with Gasteiger partial charge in [-0.15, -0.1) is 0 Å². The molecule has 5 heteroatoms. The first-order valence-corrected chi connectivity index (χ1v) is 5.93. The molecule has 0 aliphatic heterocycles. The summed E-state index contributed by atoms with van der Waals surface area (Å²) in [5, 5.41) is 0.775. The molecule has 0 radical (unpaired) electrons. The minimum absolute atomic E-state index is 0.273. The van der Waals surface area contributed by atoms with E-state index in [9.17, 15) is 4.79 Å². The van der Waals surface area contributed by atoms with Crippen molar-refractivity contribution in [3.8, 4) is 0 Å². The Morgan fingerprint density at radius 2 is 2.54 bits per heavy atom. The van der Waals surface area contributed by atoms with Crippen LogP contribution in [0.2, 0.25) is 0 Å². The molecule has 0 bridgehead atoms. The van der Waals surface area contributed by atoms with Gasteiger partial charge in [-0.05, 0) is 16.9 Å². The predicted molar refractivity (Wildman–Crippen MR) is 54.0 cm³/mol. The maximum atomic E-state index is 10.4. The van der Waals surface area contributed by atoms with Gasteiger partial charge in [-0.25, -0.2) is 4.98 Å². The van der Waals surface area contributed by atoms with Gasteiger partial charge in [-0.2, -0.15) is 0 Å². The van der Waals surface area contributed by atoms with Crippen LogP contribution in [-0.4, -0.2) is 16.6 Å². The number of amides is 1. The number of primary amides is 1. The van der Waals surface area contributed by atoms with Gasteiger partial charge in [0.1, 0.15) is 0 Å². The Bertz CT molecular complexity index is 266. The van der Waals surface area contributed by atoms with Crippen LogP contribution in [0.25, 0.3) is 0 Å². The maximum absolute atomic E-state index is 10.4. The molecule has 0 fully saturated rings. The van der Waals surface area contributed by atoms with Crippen molar-refractivity contribution in [1.29, 1.82) is 0 Å².